The van der Waals surface area contributed by atoms with Crippen molar-refractivity contribution < 1.29 is 14.3 Å². The second kappa shape index (κ2) is 7.85. The SMILES string of the molecule is CCOc1ccc2nc(NC(=O)C(C)Oc3cccc(C#N)c3)sc2c1. The number of hydrogen-bond acceptors (Lipinski definition) is 6. The molecule has 6 nitrogen and oxygen atoms in total. The fourth-order valence-electron chi connectivity index (χ4n) is 2.32. The van der Waals surface area contributed by atoms with Gasteiger partial charge in [0.05, 0.1) is 28.5 Å². The van der Waals surface area contributed by atoms with E-state index >= 15 is 0 Å². The number of benzene rings is 2. The number of fused-ring (bicyclic) bond motifs is 1. The van der Waals surface area contributed by atoms with Crippen LogP contribution in [0.15, 0.2) is 42.5 Å². The summed E-state index contributed by atoms with van der Waals surface area (Å²) < 4.78 is 12.0. The number of nitrogens with one attached hydrogen (secondary N) is 1. The first-order valence-corrected chi connectivity index (χ1v) is 8.91. The van der Waals surface area contributed by atoms with E-state index in [-0.39, 0.29) is 5.91 Å². The second-order valence-corrected chi connectivity index (χ2v) is 6.50. The summed E-state index contributed by atoms with van der Waals surface area (Å²) in [6, 6.07) is 14.3. The number of nitrogens with zero attached hydrogens (tertiary/aromatic N) is 2. The normalized spacial score (nSPS) is 11.6. The number of anilines is 1. The molecule has 2 aromatic carbocycles. The fourth-order valence-corrected chi connectivity index (χ4v) is 3.22. The molecule has 0 saturated heterocycles. The van der Waals surface area contributed by atoms with Crippen LogP contribution >= 0.6 is 11.3 Å². The standard InChI is InChI=1S/C19H17N3O3S/c1-3-24-14-7-8-16-17(10-14)26-19(21-16)22-18(23)12(2)25-15-6-4-5-13(9-15)11-20/h4-10,12H,3H2,1-2H3,(H,21,22,23). The van der Waals surface area contributed by atoms with Gasteiger partial charge in [-0.05, 0) is 50.2 Å². The second-order valence-electron chi connectivity index (χ2n) is 5.47. The van der Waals surface area contributed by atoms with Crippen LogP contribution in [-0.2, 0) is 4.79 Å². The minimum absolute atomic E-state index is 0.309. The van der Waals surface area contributed by atoms with Crippen LogP contribution in [0.3, 0.4) is 0 Å². The summed E-state index contributed by atoms with van der Waals surface area (Å²) in [5, 5.41) is 12.2. The van der Waals surface area contributed by atoms with Crippen molar-refractivity contribution in [2.24, 2.45) is 0 Å². The van der Waals surface area contributed by atoms with Gasteiger partial charge in [-0.3, -0.25) is 10.1 Å². The van der Waals surface area contributed by atoms with E-state index in [1.807, 2.05) is 31.2 Å². The van der Waals surface area contributed by atoms with Gasteiger partial charge in [0.1, 0.15) is 11.5 Å². The molecule has 26 heavy (non-hydrogen) atoms. The number of hydrogen-bond donors (Lipinski definition) is 1. The molecule has 0 aliphatic carbocycles. The zero-order chi connectivity index (χ0) is 18.5. The Morgan fingerprint density at radius 3 is 2.92 bits per heavy atom. The summed E-state index contributed by atoms with van der Waals surface area (Å²) in [4.78, 5) is 16.8. The van der Waals surface area contributed by atoms with Gasteiger partial charge in [0.2, 0.25) is 0 Å². The van der Waals surface area contributed by atoms with Crippen LogP contribution in [0.2, 0.25) is 0 Å². The topological polar surface area (TPSA) is 84.2 Å². The number of ether oxygens (including phenoxy) is 2. The summed E-state index contributed by atoms with van der Waals surface area (Å²) in [6.07, 6.45) is -0.727. The Hall–Kier alpha value is -3.11. The summed E-state index contributed by atoms with van der Waals surface area (Å²) in [5.74, 6) is 0.935. The molecule has 1 N–H and O–H groups in total. The van der Waals surface area contributed by atoms with E-state index in [1.54, 1.807) is 31.2 Å². The number of amides is 1. The lowest BCUT2D eigenvalue weighted by atomic mass is 10.2. The minimum atomic E-state index is -0.727. The van der Waals surface area contributed by atoms with E-state index in [0.717, 1.165) is 16.0 Å². The predicted octanol–water partition coefficient (Wildman–Crippen LogP) is 3.97. The van der Waals surface area contributed by atoms with Gasteiger partial charge in [-0.2, -0.15) is 5.26 Å². The number of carbonyl (C=O) groups is 1. The van der Waals surface area contributed by atoms with E-state index in [9.17, 15) is 4.79 Å². The number of nitriles is 1. The lowest BCUT2D eigenvalue weighted by Gasteiger charge is -2.13. The summed E-state index contributed by atoms with van der Waals surface area (Å²) in [5.41, 5.74) is 1.27. The smallest absolute Gasteiger partial charge is 0.266 e. The molecule has 1 unspecified atom stereocenters. The van der Waals surface area contributed by atoms with E-state index in [2.05, 4.69) is 10.3 Å². The molecule has 0 bridgehead atoms. The molecule has 0 fully saturated rings. The average molecular weight is 367 g/mol. The first-order valence-electron chi connectivity index (χ1n) is 8.10. The molecule has 1 aromatic heterocycles. The Kier molecular flexibility index (Phi) is 5.34. The molecular formula is C19H17N3O3S. The highest BCUT2D eigenvalue weighted by atomic mass is 32.1. The van der Waals surface area contributed by atoms with Crippen LogP contribution in [-0.4, -0.2) is 23.6 Å². The van der Waals surface area contributed by atoms with Crippen molar-refractivity contribution in [1.29, 1.82) is 5.26 Å². The van der Waals surface area contributed by atoms with E-state index in [0.29, 0.717) is 23.1 Å². The third-order valence-electron chi connectivity index (χ3n) is 3.55. The van der Waals surface area contributed by atoms with Gasteiger partial charge in [0.15, 0.2) is 11.2 Å². The zero-order valence-corrected chi connectivity index (χ0v) is 15.2. The average Bonchev–Trinajstić information content (AvgIpc) is 3.03. The molecule has 0 saturated carbocycles. The predicted molar refractivity (Wildman–Crippen MR) is 101 cm³/mol. The van der Waals surface area contributed by atoms with Crippen molar-refractivity contribution in [3.63, 3.8) is 0 Å². The first kappa shape index (κ1) is 17.7. The summed E-state index contributed by atoms with van der Waals surface area (Å²) >= 11 is 1.37. The Labute approximate surface area is 155 Å². The maximum Gasteiger partial charge on any atom is 0.266 e. The molecule has 0 aliphatic rings. The van der Waals surface area contributed by atoms with Gasteiger partial charge < -0.3 is 9.47 Å². The molecule has 1 heterocycles. The molecule has 3 aromatic rings. The van der Waals surface area contributed by atoms with Crippen molar-refractivity contribution in [1.82, 2.24) is 4.98 Å². The van der Waals surface area contributed by atoms with E-state index < -0.39 is 6.10 Å². The van der Waals surface area contributed by atoms with Crippen molar-refractivity contribution in [2.45, 2.75) is 20.0 Å². The Morgan fingerprint density at radius 2 is 2.15 bits per heavy atom. The van der Waals surface area contributed by atoms with E-state index in [4.69, 9.17) is 14.7 Å². The van der Waals surface area contributed by atoms with Gasteiger partial charge >= 0.3 is 0 Å². The Morgan fingerprint density at radius 1 is 1.31 bits per heavy atom. The van der Waals surface area contributed by atoms with Crippen LogP contribution in [0.4, 0.5) is 5.13 Å². The first-order chi connectivity index (χ1) is 12.6. The summed E-state index contributed by atoms with van der Waals surface area (Å²) in [6.45, 7) is 4.17. The largest absolute Gasteiger partial charge is 0.494 e. The highest BCUT2D eigenvalue weighted by Gasteiger charge is 2.17. The maximum absolute atomic E-state index is 12.4. The van der Waals surface area contributed by atoms with Crippen LogP contribution < -0.4 is 14.8 Å². The van der Waals surface area contributed by atoms with Crippen LogP contribution in [0.1, 0.15) is 19.4 Å². The number of thiazole rings is 1. The molecular weight excluding hydrogens is 350 g/mol. The lowest BCUT2D eigenvalue weighted by molar-refractivity contribution is -0.122. The third-order valence-corrected chi connectivity index (χ3v) is 4.48. The number of aromatic nitrogens is 1. The highest BCUT2D eigenvalue weighted by molar-refractivity contribution is 7.22. The van der Waals surface area contributed by atoms with Gasteiger partial charge in [-0.15, -0.1) is 0 Å². The molecule has 0 spiro atoms. The molecule has 1 amide bonds. The Bertz CT molecular complexity index is 978. The highest BCUT2D eigenvalue weighted by Crippen LogP contribution is 2.29. The minimum Gasteiger partial charge on any atom is -0.494 e. The molecule has 0 radical (unpaired) electrons. The van der Waals surface area contributed by atoms with Crippen molar-refractivity contribution >= 4 is 32.6 Å². The monoisotopic (exact) mass is 367 g/mol. The van der Waals surface area contributed by atoms with E-state index in [1.165, 1.54) is 11.3 Å². The van der Waals surface area contributed by atoms with Crippen molar-refractivity contribution in [3.8, 4) is 17.6 Å². The van der Waals surface area contributed by atoms with Gasteiger partial charge in [-0.1, -0.05) is 17.4 Å². The number of carbonyl (C=O) groups excluding carboxylic acids is 1. The molecule has 1 atom stereocenters. The molecule has 132 valence electrons. The van der Waals surface area contributed by atoms with Crippen LogP contribution in [0, 0.1) is 11.3 Å². The third kappa shape index (κ3) is 4.10. The fraction of sp³-hybridized carbons (Fsp3) is 0.211. The van der Waals surface area contributed by atoms with Crippen molar-refractivity contribution in [2.75, 3.05) is 11.9 Å². The maximum atomic E-state index is 12.4. The van der Waals surface area contributed by atoms with Gasteiger partial charge in [0, 0.05) is 0 Å². The Balaban J connectivity index is 1.68. The lowest BCUT2D eigenvalue weighted by Crippen LogP contribution is -2.30. The van der Waals surface area contributed by atoms with Gasteiger partial charge in [0.25, 0.3) is 5.91 Å². The quantitative estimate of drug-likeness (QED) is 0.712. The van der Waals surface area contributed by atoms with Crippen molar-refractivity contribution in [3.05, 3.63) is 48.0 Å². The van der Waals surface area contributed by atoms with Crippen LogP contribution in [0.25, 0.3) is 10.2 Å². The molecule has 7 heteroatoms. The van der Waals surface area contributed by atoms with Crippen LogP contribution in [0.5, 0.6) is 11.5 Å². The number of rotatable bonds is 6. The molecule has 0 aliphatic heterocycles. The molecule has 3 rings (SSSR count). The summed E-state index contributed by atoms with van der Waals surface area (Å²) in [7, 11) is 0. The van der Waals surface area contributed by atoms with Gasteiger partial charge in [-0.25, -0.2) is 4.98 Å². The zero-order valence-electron chi connectivity index (χ0n) is 14.4.